The van der Waals surface area contributed by atoms with E-state index in [4.69, 9.17) is 23.7 Å². The van der Waals surface area contributed by atoms with E-state index < -0.39 is 24.2 Å². The van der Waals surface area contributed by atoms with Crippen molar-refractivity contribution in [3.05, 3.63) is 12.2 Å². The Morgan fingerprint density at radius 3 is 2.00 bits per heavy atom. The van der Waals surface area contributed by atoms with Gasteiger partial charge in [0, 0.05) is 0 Å². The molecule has 0 spiro atoms. The monoisotopic (exact) mass is 534 g/mol. The van der Waals surface area contributed by atoms with E-state index in [9.17, 15) is 0 Å². The predicted octanol–water partition coefficient (Wildman–Crippen LogP) is 5.84. The van der Waals surface area contributed by atoms with E-state index in [2.05, 4.69) is 32.9 Å². The van der Waals surface area contributed by atoms with Gasteiger partial charge in [-0.2, -0.15) is 0 Å². The van der Waals surface area contributed by atoms with Gasteiger partial charge in [-0.25, -0.2) is 0 Å². The van der Waals surface area contributed by atoms with Gasteiger partial charge in [-0.3, -0.25) is 0 Å². The summed E-state index contributed by atoms with van der Waals surface area (Å²) in [6.07, 6.45) is 11.4. The summed E-state index contributed by atoms with van der Waals surface area (Å²) in [7, 11) is 1.65. The first-order valence-corrected chi connectivity index (χ1v) is 20.3. The van der Waals surface area contributed by atoms with Gasteiger partial charge in [0.05, 0.1) is 0 Å². The van der Waals surface area contributed by atoms with E-state index in [1.54, 1.807) is 7.11 Å². The number of hydrogen-bond donors (Lipinski definition) is 0. The molecule has 0 bridgehead atoms. The summed E-state index contributed by atoms with van der Waals surface area (Å²) in [6, 6.07) is 0. The van der Waals surface area contributed by atoms with Crippen LogP contribution in [-0.2, 0) is 23.7 Å². The van der Waals surface area contributed by atoms with E-state index >= 15 is 0 Å². The van der Waals surface area contributed by atoms with Crippen molar-refractivity contribution in [2.24, 2.45) is 0 Å². The van der Waals surface area contributed by atoms with Gasteiger partial charge in [0.2, 0.25) is 0 Å². The van der Waals surface area contributed by atoms with Crippen molar-refractivity contribution in [2.75, 3.05) is 18.3 Å². The molecule has 5 nitrogen and oxygen atoms in total. The van der Waals surface area contributed by atoms with Crippen LogP contribution >= 0.6 is 0 Å². The zero-order chi connectivity index (χ0) is 22.0. The molecule has 0 unspecified atom stereocenters. The molecule has 0 radical (unpaired) electrons. The molecule has 0 N–H and O–H groups in total. The summed E-state index contributed by atoms with van der Waals surface area (Å²) in [5.74, 6) is -0.593. The fraction of sp³-hybridized carbons (Fsp3) is 0.917. The van der Waals surface area contributed by atoms with Crippen molar-refractivity contribution >= 4 is 18.4 Å². The van der Waals surface area contributed by atoms with Crippen LogP contribution in [0.1, 0.15) is 73.1 Å². The predicted molar refractivity (Wildman–Crippen MR) is 124 cm³/mol. The Morgan fingerprint density at radius 2 is 1.47 bits per heavy atom. The van der Waals surface area contributed by atoms with E-state index in [-0.39, 0.29) is 24.6 Å². The summed E-state index contributed by atoms with van der Waals surface area (Å²) < 4.78 is 35.3. The van der Waals surface area contributed by atoms with E-state index in [1.807, 2.05) is 13.8 Å². The Hall–Kier alpha value is 0.339. The normalized spacial score (nSPS) is 28.5. The minimum atomic E-state index is -2.21. The molecule has 0 aromatic carbocycles. The summed E-state index contributed by atoms with van der Waals surface area (Å²) in [5.41, 5.74) is 0. The maximum absolute atomic E-state index is 6.30. The van der Waals surface area contributed by atoms with Crippen LogP contribution < -0.4 is 0 Å². The average molecular weight is 533 g/mol. The molecule has 0 amide bonds. The molecule has 0 aromatic rings. The molecular formula is C24H46O5Sn. The standard InChI is InChI=1S/C12H19O5.3C4H9.Sn/c1-12(2)16-9-8(6-5-7-13-3)15-11(14-4)10(9)17-12;3*1-3-4-2;/h5-6,8-11H,3,7H2,1-2,4H3;3*1,3-4H2,2H3;/b6-5+;;;;/t8-,9-,10-,11-;;;;/m1..../s1. The Morgan fingerprint density at radius 1 is 0.900 bits per heavy atom. The summed E-state index contributed by atoms with van der Waals surface area (Å²) in [6.45, 7) is 11.5. The van der Waals surface area contributed by atoms with Crippen molar-refractivity contribution < 1.29 is 23.7 Å². The third-order valence-electron chi connectivity index (χ3n) is 6.41. The van der Waals surface area contributed by atoms with Crippen LogP contribution in [0.5, 0.6) is 0 Å². The molecule has 2 heterocycles. The topological polar surface area (TPSA) is 46.2 Å². The minimum absolute atomic E-state index is 0.127. The van der Waals surface area contributed by atoms with Crippen molar-refractivity contribution in [3.8, 4) is 0 Å². The van der Waals surface area contributed by atoms with Crippen LogP contribution in [0.2, 0.25) is 13.3 Å². The third kappa shape index (κ3) is 7.73. The van der Waals surface area contributed by atoms with Gasteiger partial charge in [-0.05, 0) is 0 Å². The van der Waals surface area contributed by atoms with Crippen LogP contribution in [0, 0.1) is 0 Å². The maximum atomic E-state index is 6.30. The molecule has 2 aliphatic rings. The Labute approximate surface area is 189 Å². The zero-order valence-corrected chi connectivity index (χ0v) is 23.1. The molecule has 2 rings (SSSR count). The molecular weight excluding hydrogens is 487 g/mol. The Kier molecular flexibility index (Phi) is 11.6. The molecule has 2 aliphatic heterocycles. The van der Waals surface area contributed by atoms with Gasteiger partial charge in [-0.15, -0.1) is 0 Å². The van der Waals surface area contributed by atoms with Gasteiger partial charge in [0.1, 0.15) is 0 Å². The number of fused-ring (bicyclic) bond motifs is 1. The molecule has 0 aliphatic carbocycles. The summed E-state index contributed by atoms with van der Waals surface area (Å²) in [4.78, 5) is 0. The number of hydrogen-bond acceptors (Lipinski definition) is 5. The first-order chi connectivity index (χ1) is 14.4. The second-order valence-electron chi connectivity index (χ2n) is 9.52. The zero-order valence-electron chi connectivity index (χ0n) is 20.3. The van der Waals surface area contributed by atoms with Crippen LogP contribution in [0.25, 0.3) is 0 Å². The molecule has 2 saturated heterocycles. The van der Waals surface area contributed by atoms with Crippen molar-refractivity contribution in [1.82, 2.24) is 0 Å². The molecule has 6 heteroatoms. The molecule has 176 valence electrons. The first kappa shape index (κ1) is 26.6. The Bertz CT molecular complexity index is 488. The first-order valence-electron chi connectivity index (χ1n) is 12.2. The SMILES string of the molecule is CCC[CH2][Sn]([CH2]CCC)([CH2]CCC)[CH2]OC/C=C/[C@H]1O[C@@H](OC)[C@@H]2OC(C)(C)O[C@@H]21. The summed E-state index contributed by atoms with van der Waals surface area (Å²) >= 11 is -2.21. The third-order valence-corrected chi connectivity index (χ3v) is 20.8. The number of methoxy groups -OCH3 is 1. The van der Waals surface area contributed by atoms with Gasteiger partial charge < -0.3 is 0 Å². The molecule has 0 saturated carbocycles. The second-order valence-corrected chi connectivity index (χ2v) is 23.2. The van der Waals surface area contributed by atoms with Crippen LogP contribution in [0.3, 0.4) is 0 Å². The van der Waals surface area contributed by atoms with Crippen LogP contribution in [0.4, 0.5) is 0 Å². The van der Waals surface area contributed by atoms with Gasteiger partial charge >= 0.3 is 189 Å². The van der Waals surface area contributed by atoms with Crippen LogP contribution in [-0.4, -0.2) is 67.1 Å². The van der Waals surface area contributed by atoms with Gasteiger partial charge in [0.25, 0.3) is 0 Å². The average Bonchev–Trinajstić information content (AvgIpc) is 3.21. The van der Waals surface area contributed by atoms with E-state index in [1.165, 1.54) is 51.8 Å². The fourth-order valence-electron chi connectivity index (χ4n) is 4.72. The van der Waals surface area contributed by atoms with E-state index in [0.717, 1.165) is 4.62 Å². The quantitative estimate of drug-likeness (QED) is 0.151. The van der Waals surface area contributed by atoms with Gasteiger partial charge in [-0.1, -0.05) is 0 Å². The van der Waals surface area contributed by atoms with Crippen molar-refractivity contribution in [2.45, 2.75) is 117 Å². The van der Waals surface area contributed by atoms with Crippen LogP contribution in [0.15, 0.2) is 12.2 Å². The summed E-state index contributed by atoms with van der Waals surface area (Å²) in [5, 5.41) is 0. The number of rotatable bonds is 15. The molecule has 2 fully saturated rings. The van der Waals surface area contributed by atoms with Gasteiger partial charge in [0.15, 0.2) is 0 Å². The fourth-order valence-corrected chi connectivity index (χ4v) is 19.1. The Balaban J connectivity index is 1.88. The van der Waals surface area contributed by atoms with Crippen molar-refractivity contribution in [1.29, 1.82) is 0 Å². The molecule has 0 aromatic heterocycles. The molecule has 30 heavy (non-hydrogen) atoms. The number of ether oxygens (including phenoxy) is 5. The second kappa shape index (κ2) is 13.1. The van der Waals surface area contributed by atoms with Crippen molar-refractivity contribution in [3.63, 3.8) is 0 Å². The number of unbranched alkanes of at least 4 members (excludes halogenated alkanes) is 3. The van der Waals surface area contributed by atoms with E-state index in [0.29, 0.717) is 6.61 Å². The molecule has 4 atom stereocenters.